The monoisotopic (exact) mass is 392 g/mol. The summed E-state index contributed by atoms with van der Waals surface area (Å²) in [5, 5.41) is 3.05. The van der Waals surface area contributed by atoms with E-state index >= 15 is 0 Å². The average molecular weight is 392 g/mol. The van der Waals surface area contributed by atoms with Crippen LogP contribution < -0.4 is 10.2 Å². The molecule has 0 bridgehead atoms. The van der Waals surface area contributed by atoms with E-state index in [1.54, 1.807) is 12.1 Å². The van der Waals surface area contributed by atoms with E-state index in [1.807, 2.05) is 23.1 Å². The van der Waals surface area contributed by atoms with Crippen molar-refractivity contribution in [2.24, 2.45) is 5.92 Å². The Labute approximate surface area is 170 Å². The van der Waals surface area contributed by atoms with Crippen LogP contribution in [0.15, 0.2) is 42.5 Å². The van der Waals surface area contributed by atoms with E-state index in [2.05, 4.69) is 5.32 Å². The lowest BCUT2D eigenvalue weighted by molar-refractivity contribution is -0.122. The standard InChI is InChI=1S/C24H25FN2O2/c25-19-8-6-18(7-9-19)24(12-13-24)23(29)26-20-10-5-16-11-14-27(21(16)15-20)22(28)17-3-1-2-4-17/h5-10,15,17H,1-4,11-14H2,(H,26,29). The van der Waals surface area contributed by atoms with Gasteiger partial charge in [-0.1, -0.05) is 31.0 Å². The Kier molecular flexibility index (Phi) is 4.41. The molecule has 29 heavy (non-hydrogen) atoms. The third-order valence-electron chi connectivity index (χ3n) is 6.79. The van der Waals surface area contributed by atoms with Gasteiger partial charge >= 0.3 is 0 Å². The highest BCUT2D eigenvalue weighted by Crippen LogP contribution is 2.49. The third-order valence-corrected chi connectivity index (χ3v) is 6.79. The summed E-state index contributed by atoms with van der Waals surface area (Å²) in [5.41, 5.74) is 3.11. The number of amides is 2. The second-order valence-electron chi connectivity index (χ2n) is 8.61. The quantitative estimate of drug-likeness (QED) is 0.828. The van der Waals surface area contributed by atoms with Gasteiger partial charge in [-0.15, -0.1) is 0 Å². The molecule has 5 heteroatoms. The highest BCUT2D eigenvalue weighted by Gasteiger charge is 2.51. The molecule has 2 aliphatic carbocycles. The van der Waals surface area contributed by atoms with Crippen molar-refractivity contribution in [3.8, 4) is 0 Å². The predicted octanol–water partition coefficient (Wildman–Crippen LogP) is 4.58. The molecule has 0 spiro atoms. The van der Waals surface area contributed by atoms with Gasteiger partial charge in [0.2, 0.25) is 11.8 Å². The highest BCUT2D eigenvalue weighted by atomic mass is 19.1. The van der Waals surface area contributed by atoms with E-state index < -0.39 is 5.41 Å². The Morgan fingerprint density at radius 3 is 2.45 bits per heavy atom. The SMILES string of the molecule is O=C(C1CCCC1)N1CCc2ccc(NC(=O)C3(c4ccc(F)cc4)CC3)cc21. The first-order valence-corrected chi connectivity index (χ1v) is 10.6. The topological polar surface area (TPSA) is 49.4 Å². The number of carbonyl (C=O) groups is 2. The van der Waals surface area contributed by atoms with Gasteiger partial charge in [-0.3, -0.25) is 9.59 Å². The Morgan fingerprint density at radius 2 is 1.76 bits per heavy atom. The van der Waals surface area contributed by atoms with E-state index in [0.29, 0.717) is 5.69 Å². The number of carbonyl (C=O) groups excluding carboxylic acids is 2. The molecule has 2 amide bonds. The Balaban J connectivity index is 1.35. The summed E-state index contributed by atoms with van der Waals surface area (Å²) in [7, 11) is 0. The van der Waals surface area contributed by atoms with Crippen molar-refractivity contribution in [3.63, 3.8) is 0 Å². The molecular formula is C24H25FN2O2. The lowest BCUT2D eigenvalue weighted by Gasteiger charge is -2.22. The molecule has 0 atom stereocenters. The molecule has 2 aromatic rings. The maximum Gasteiger partial charge on any atom is 0.235 e. The molecule has 0 aromatic heterocycles. The first kappa shape index (κ1) is 18.3. The van der Waals surface area contributed by atoms with Gasteiger partial charge in [0.05, 0.1) is 5.41 Å². The molecule has 5 rings (SSSR count). The number of nitrogens with one attached hydrogen (secondary N) is 1. The number of hydrogen-bond acceptors (Lipinski definition) is 2. The number of fused-ring (bicyclic) bond motifs is 1. The maximum atomic E-state index is 13.3. The zero-order chi connectivity index (χ0) is 20.0. The fraction of sp³-hybridized carbons (Fsp3) is 0.417. The van der Waals surface area contributed by atoms with Crippen LogP contribution >= 0.6 is 0 Å². The van der Waals surface area contributed by atoms with Crippen LogP contribution in [0, 0.1) is 11.7 Å². The molecule has 1 aliphatic heterocycles. The Hall–Kier alpha value is -2.69. The summed E-state index contributed by atoms with van der Waals surface area (Å²) in [6.45, 7) is 0.724. The van der Waals surface area contributed by atoms with Gasteiger partial charge in [-0.05, 0) is 67.5 Å². The molecule has 1 heterocycles. The molecule has 3 aliphatic rings. The number of rotatable bonds is 4. The molecule has 2 fully saturated rings. The number of hydrogen-bond donors (Lipinski definition) is 1. The van der Waals surface area contributed by atoms with Gasteiger partial charge < -0.3 is 10.2 Å². The largest absolute Gasteiger partial charge is 0.325 e. The van der Waals surface area contributed by atoms with E-state index in [9.17, 15) is 14.0 Å². The highest BCUT2D eigenvalue weighted by molar-refractivity contribution is 6.03. The third kappa shape index (κ3) is 3.22. The zero-order valence-corrected chi connectivity index (χ0v) is 16.4. The van der Waals surface area contributed by atoms with Crippen LogP contribution in [-0.2, 0) is 21.4 Å². The lowest BCUT2D eigenvalue weighted by atomic mass is 9.95. The van der Waals surface area contributed by atoms with Crippen molar-refractivity contribution in [3.05, 3.63) is 59.4 Å². The number of halogens is 1. The summed E-state index contributed by atoms with van der Waals surface area (Å²) in [6, 6.07) is 12.1. The molecule has 2 saturated carbocycles. The minimum absolute atomic E-state index is 0.0595. The minimum atomic E-state index is -0.563. The van der Waals surface area contributed by atoms with Gasteiger partial charge in [-0.2, -0.15) is 0 Å². The number of benzene rings is 2. The molecule has 2 aromatic carbocycles. The molecule has 1 N–H and O–H groups in total. The second-order valence-corrected chi connectivity index (χ2v) is 8.61. The van der Waals surface area contributed by atoms with Crippen LogP contribution in [0.2, 0.25) is 0 Å². The van der Waals surface area contributed by atoms with Crippen LogP contribution in [0.4, 0.5) is 15.8 Å². The summed E-state index contributed by atoms with van der Waals surface area (Å²) in [6.07, 6.45) is 6.64. The first-order valence-electron chi connectivity index (χ1n) is 10.6. The summed E-state index contributed by atoms with van der Waals surface area (Å²) < 4.78 is 13.3. The summed E-state index contributed by atoms with van der Waals surface area (Å²) >= 11 is 0. The van der Waals surface area contributed by atoms with E-state index in [0.717, 1.165) is 68.3 Å². The van der Waals surface area contributed by atoms with E-state index in [1.165, 1.54) is 12.1 Å². The first-order chi connectivity index (χ1) is 14.1. The second kappa shape index (κ2) is 6.97. The summed E-state index contributed by atoms with van der Waals surface area (Å²) in [4.78, 5) is 27.9. The van der Waals surface area contributed by atoms with Crippen molar-refractivity contribution in [2.45, 2.75) is 50.4 Å². The molecule has 0 saturated heterocycles. The van der Waals surface area contributed by atoms with E-state index in [-0.39, 0.29) is 23.5 Å². The molecule has 0 unspecified atom stereocenters. The van der Waals surface area contributed by atoms with Crippen molar-refractivity contribution < 1.29 is 14.0 Å². The van der Waals surface area contributed by atoms with Crippen molar-refractivity contribution in [1.82, 2.24) is 0 Å². The predicted molar refractivity (Wildman–Crippen MR) is 110 cm³/mol. The van der Waals surface area contributed by atoms with Crippen LogP contribution in [0.1, 0.15) is 49.7 Å². The molecular weight excluding hydrogens is 367 g/mol. The summed E-state index contributed by atoms with van der Waals surface area (Å²) in [5.74, 6) is 0.0217. The number of anilines is 2. The van der Waals surface area contributed by atoms with Crippen LogP contribution in [-0.4, -0.2) is 18.4 Å². The fourth-order valence-corrected chi connectivity index (χ4v) is 4.87. The lowest BCUT2D eigenvalue weighted by Crippen LogP contribution is -2.34. The smallest absolute Gasteiger partial charge is 0.235 e. The van der Waals surface area contributed by atoms with Crippen molar-refractivity contribution in [1.29, 1.82) is 0 Å². The van der Waals surface area contributed by atoms with Gasteiger partial charge in [0.25, 0.3) is 0 Å². The fourth-order valence-electron chi connectivity index (χ4n) is 4.87. The average Bonchev–Trinajstić information content (AvgIpc) is 3.16. The van der Waals surface area contributed by atoms with Crippen molar-refractivity contribution >= 4 is 23.2 Å². The molecule has 4 nitrogen and oxygen atoms in total. The Morgan fingerprint density at radius 1 is 1.03 bits per heavy atom. The zero-order valence-electron chi connectivity index (χ0n) is 16.4. The molecule has 0 radical (unpaired) electrons. The maximum absolute atomic E-state index is 13.3. The number of nitrogens with zero attached hydrogens (tertiary/aromatic N) is 1. The van der Waals surface area contributed by atoms with E-state index in [4.69, 9.17) is 0 Å². The Bertz CT molecular complexity index is 959. The van der Waals surface area contributed by atoms with Crippen LogP contribution in [0.3, 0.4) is 0 Å². The van der Waals surface area contributed by atoms with Crippen LogP contribution in [0.25, 0.3) is 0 Å². The van der Waals surface area contributed by atoms with Crippen LogP contribution in [0.5, 0.6) is 0 Å². The normalized spacial score (nSPS) is 19.8. The minimum Gasteiger partial charge on any atom is -0.325 e. The van der Waals surface area contributed by atoms with Gasteiger partial charge in [0.1, 0.15) is 5.82 Å². The van der Waals surface area contributed by atoms with Gasteiger partial charge in [0, 0.05) is 23.8 Å². The van der Waals surface area contributed by atoms with Gasteiger partial charge in [0.15, 0.2) is 0 Å². The van der Waals surface area contributed by atoms with Gasteiger partial charge in [-0.25, -0.2) is 4.39 Å². The van der Waals surface area contributed by atoms with Crippen molar-refractivity contribution in [2.75, 3.05) is 16.8 Å². The molecule has 150 valence electrons.